The molecule has 0 atom stereocenters. The van der Waals surface area contributed by atoms with Gasteiger partial charge < -0.3 is 10.1 Å². The van der Waals surface area contributed by atoms with E-state index in [1.54, 1.807) is 6.92 Å². The van der Waals surface area contributed by atoms with E-state index in [2.05, 4.69) is 14.9 Å². The fraction of sp³-hybridized carbons (Fsp3) is 0.182. The lowest BCUT2D eigenvalue weighted by Gasteiger charge is -2.04. The van der Waals surface area contributed by atoms with Gasteiger partial charge in [-0.3, -0.25) is 0 Å². The summed E-state index contributed by atoms with van der Waals surface area (Å²) >= 11 is 1.13. The lowest BCUT2D eigenvalue weighted by atomic mass is 10.3. The van der Waals surface area contributed by atoms with Gasteiger partial charge in [-0.25, -0.2) is 4.79 Å². The number of benzene rings is 1. The minimum absolute atomic E-state index is 0.223. The zero-order chi connectivity index (χ0) is 12.1. The number of aromatic nitrogens is 2. The second kappa shape index (κ2) is 5.40. The summed E-state index contributed by atoms with van der Waals surface area (Å²) < 4.78 is 8.64. The van der Waals surface area contributed by atoms with Gasteiger partial charge in [0.05, 0.1) is 6.61 Å². The number of esters is 1. The molecule has 0 amide bonds. The van der Waals surface area contributed by atoms with Crippen LogP contribution in [0.1, 0.15) is 17.4 Å². The monoisotopic (exact) mass is 249 g/mol. The first kappa shape index (κ1) is 11.5. The smallest absolute Gasteiger partial charge is 0.362 e. The molecule has 6 heteroatoms. The first-order valence-electron chi connectivity index (χ1n) is 5.13. The van der Waals surface area contributed by atoms with Gasteiger partial charge >= 0.3 is 5.97 Å². The molecule has 0 saturated carbocycles. The Hall–Kier alpha value is -1.95. The minimum atomic E-state index is -0.459. The molecule has 5 nitrogen and oxygen atoms in total. The Bertz CT molecular complexity index is 498. The summed E-state index contributed by atoms with van der Waals surface area (Å²) in [5, 5.41) is 7.44. The van der Waals surface area contributed by atoms with E-state index in [0.717, 1.165) is 17.2 Å². The average molecular weight is 249 g/mol. The normalized spacial score (nSPS) is 9.94. The molecule has 0 radical (unpaired) electrons. The number of ether oxygens (including phenoxy) is 1. The number of rotatable bonds is 4. The Kier molecular flexibility index (Phi) is 3.66. The van der Waals surface area contributed by atoms with Crippen LogP contribution < -0.4 is 5.32 Å². The SMILES string of the molecule is CCOC(=O)c1nnsc1Nc1ccccc1. The maximum atomic E-state index is 11.6. The fourth-order valence-electron chi connectivity index (χ4n) is 1.26. The molecule has 2 rings (SSSR count). The van der Waals surface area contributed by atoms with Crippen molar-refractivity contribution in [2.45, 2.75) is 6.92 Å². The topological polar surface area (TPSA) is 64.1 Å². The summed E-state index contributed by atoms with van der Waals surface area (Å²) in [5.41, 5.74) is 1.10. The highest BCUT2D eigenvalue weighted by molar-refractivity contribution is 7.10. The molecule has 0 saturated heterocycles. The molecular weight excluding hydrogens is 238 g/mol. The van der Waals surface area contributed by atoms with Gasteiger partial charge in [0, 0.05) is 17.2 Å². The molecule has 0 fully saturated rings. The van der Waals surface area contributed by atoms with Crippen molar-refractivity contribution in [3.63, 3.8) is 0 Å². The predicted molar refractivity (Wildman–Crippen MR) is 65.6 cm³/mol. The van der Waals surface area contributed by atoms with Crippen LogP contribution in [0.2, 0.25) is 0 Å². The standard InChI is InChI=1S/C11H11N3O2S/c1-2-16-11(15)9-10(17-14-13-9)12-8-6-4-3-5-7-8/h3-7,12H,2H2,1H3. The number of hydrogen-bond acceptors (Lipinski definition) is 6. The molecule has 88 valence electrons. The van der Waals surface area contributed by atoms with Crippen molar-refractivity contribution in [2.75, 3.05) is 11.9 Å². The van der Waals surface area contributed by atoms with E-state index in [1.807, 2.05) is 30.3 Å². The first-order chi connectivity index (χ1) is 8.31. The molecule has 1 heterocycles. The highest BCUT2D eigenvalue weighted by atomic mass is 32.1. The largest absolute Gasteiger partial charge is 0.461 e. The van der Waals surface area contributed by atoms with Crippen molar-refractivity contribution in [1.29, 1.82) is 0 Å². The molecule has 1 aromatic carbocycles. The third-order valence-electron chi connectivity index (χ3n) is 1.99. The van der Waals surface area contributed by atoms with E-state index in [0.29, 0.717) is 11.6 Å². The van der Waals surface area contributed by atoms with Crippen molar-refractivity contribution in [3.05, 3.63) is 36.0 Å². The van der Waals surface area contributed by atoms with Gasteiger partial charge in [-0.15, -0.1) is 5.10 Å². The number of anilines is 2. The van der Waals surface area contributed by atoms with Gasteiger partial charge in [-0.2, -0.15) is 0 Å². The van der Waals surface area contributed by atoms with Gasteiger partial charge in [-0.1, -0.05) is 22.7 Å². The summed E-state index contributed by atoms with van der Waals surface area (Å²) in [6.07, 6.45) is 0. The van der Waals surface area contributed by atoms with Crippen molar-refractivity contribution in [3.8, 4) is 0 Å². The second-order valence-electron chi connectivity index (χ2n) is 3.16. The summed E-state index contributed by atoms with van der Waals surface area (Å²) in [5.74, 6) is -0.459. The van der Waals surface area contributed by atoms with Crippen LogP contribution in [0.4, 0.5) is 10.7 Å². The van der Waals surface area contributed by atoms with E-state index < -0.39 is 5.97 Å². The van der Waals surface area contributed by atoms with E-state index in [4.69, 9.17) is 4.74 Å². The zero-order valence-electron chi connectivity index (χ0n) is 9.21. The summed E-state index contributed by atoms with van der Waals surface area (Å²) in [7, 11) is 0. The van der Waals surface area contributed by atoms with Crippen molar-refractivity contribution >= 4 is 28.2 Å². The maximum Gasteiger partial charge on any atom is 0.362 e. The molecular formula is C11H11N3O2S. The Labute approximate surface area is 103 Å². The van der Waals surface area contributed by atoms with E-state index in [9.17, 15) is 4.79 Å². The van der Waals surface area contributed by atoms with Gasteiger partial charge in [0.25, 0.3) is 0 Å². The number of hydrogen-bond donors (Lipinski definition) is 1. The van der Waals surface area contributed by atoms with Gasteiger partial charge in [0.1, 0.15) is 5.00 Å². The third-order valence-corrected chi connectivity index (χ3v) is 2.63. The molecule has 0 aliphatic heterocycles. The molecule has 0 aliphatic rings. The summed E-state index contributed by atoms with van der Waals surface area (Å²) in [4.78, 5) is 11.6. The Morgan fingerprint density at radius 3 is 2.88 bits per heavy atom. The molecule has 0 unspecified atom stereocenters. The molecule has 1 aromatic heterocycles. The van der Waals surface area contributed by atoms with Crippen LogP contribution in [0.25, 0.3) is 0 Å². The van der Waals surface area contributed by atoms with Crippen molar-refractivity contribution in [1.82, 2.24) is 9.59 Å². The van der Waals surface area contributed by atoms with Crippen LogP contribution >= 0.6 is 11.5 Å². The van der Waals surface area contributed by atoms with Crippen LogP contribution in [-0.2, 0) is 4.74 Å². The van der Waals surface area contributed by atoms with Crippen LogP contribution in [0.15, 0.2) is 30.3 Å². The quantitative estimate of drug-likeness (QED) is 0.843. The Morgan fingerprint density at radius 1 is 1.41 bits per heavy atom. The van der Waals surface area contributed by atoms with E-state index >= 15 is 0 Å². The molecule has 0 bridgehead atoms. The molecule has 2 aromatic rings. The average Bonchev–Trinajstić information content (AvgIpc) is 2.79. The summed E-state index contributed by atoms with van der Waals surface area (Å²) in [6, 6.07) is 9.52. The minimum Gasteiger partial charge on any atom is -0.461 e. The van der Waals surface area contributed by atoms with Crippen LogP contribution in [0, 0.1) is 0 Å². The Balaban J connectivity index is 2.17. The first-order valence-corrected chi connectivity index (χ1v) is 5.90. The van der Waals surface area contributed by atoms with E-state index in [-0.39, 0.29) is 5.69 Å². The highest BCUT2D eigenvalue weighted by Gasteiger charge is 2.17. The second-order valence-corrected chi connectivity index (χ2v) is 3.92. The molecule has 17 heavy (non-hydrogen) atoms. The number of carbonyl (C=O) groups excluding carboxylic acids is 1. The fourth-order valence-corrected chi connectivity index (χ4v) is 1.84. The van der Waals surface area contributed by atoms with Gasteiger partial charge in [-0.05, 0) is 19.1 Å². The zero-order valence-corrected chi connectivity index (χ0v) is 10.0. The van der Waals surface area contributed by atoms with Crippen molar-refractivity contribution in [2.24, 2.45) is 0 Å². The Morgan fingerprint density at radius 2 is 2.18 bits per heavy atom. The van der Waals surface area contributed by atoms with Gasteiger partial charge in [0.2, 0.25) is 5.69 Å². The van der Waals surface area contributed by atoms with Crippen LogP contribution in [-0.4, -0.2) is 22.2 Å². The predicted octanol–water partition coefficient (Wildman–Crippen LogP) is 2.46. The third kappa shape index (κ3) is 2.79. The summed E-state index contributed by atoms with van der Waals surface area (Å²) in [6.45, 7) is 2.07. The van der Waals surface area contributed by atoms with E-state index in [1.165, 1.54) is 0 Å². The molecule has 1 N–H and O–H groups in total. The van der Waals surface area contributed by atoms with Crippen molar-refractivity contribution < 1.29 is 9.53 Å². The highest BCUT2D eigenvalue weighted by Crippen LogP contribution is 2.23. The lowest BCUT2D eigenvalue weighted by molar-refractivity contribution is 0.0520. The number of nitrogens with zero attached hydrogens (tertiary/aromatic N) is 2. The maximum absolute atomic E-state index is 11.6. The lowest BCUT2D eigenvalue weighted by Crippen LogP contribution is -2.07. The van der Waals surface area contributed by atoms with Crippen LogP contribution in [0.5, 0.6) is 0 Å². The van der Waals surface area contributed by atoms with Gasteiger partial charge in [0.15, 0.2) is 0 Å². The number of carbonyl (C=O) groups is 1. The molecule has 0 spiro atoms. The van der Waals surface area contributed by atoms with Crippen LogP contribution in [0.3, 0.4) is 0 Å². The number of para-hydroxylation sites is 1. The molecule has 0 aliphatic carbocycles. The number of nitrogens with one attached hydrogen (secondary N) is 1.